The lowest BCUT2D eigenvalue weighted by Crippen LogP contribution is -2.27. The van der Waals surface area contributed by atoms with E-state index in [9.17, 15) is 9.59 Å². The first-order valence-corrected chi connectivity index (χ1v) is 11.6. The molecule has 0 aliphatic rings. The van der Waals surface area contributed by atoms with Crippen molar-refractivity contribution < 1.29 is 0 Å². The van der Waals surface area contributed by atoms with E-state index in [0.717, 1.165) is 61.2 Å². The minimum Gasteiger partial charge on any atom is -0.296 e. The Bertz CT molecular complexity index is 1250. The fourth-order valence-corrected chi connectivity index (χ4v) is 4.26. The SMILES string of the molecule is CCCc1nc2ccccc2c(=O)n1CCCCn1c(CCC)nc2ccccc2c1=O. The topological polar surface area (TPSA) is 69.8 Å². The second-order valence-corrected chi connectivity index (χ2v) is 8.21. The highest BCUT2D eigenvalue weighted by molar-refractivity contribution is 5.78. The van der Waals surface area contributed by atoms with E-state index < -0.39 is 0 Å². The molecular weight excluding hydrogens is 400 g/mol. The number of hydrogen-bond acceptors (Lipinski definition) is 4. The van der Waals surface area contributed by atoms with Gasteiger partial charge in [0.2, 0.25) is 0 Å². The first-order valence-electron chi connectivity index (χ1n) is 11.6. The average molecular weight is 431 g/mol. The van der Waals surface area contributed by atoms with Gasteiger partial charge in [-0.3, -0.25) is 18.7 Å². The molecule has 0 aliphatic heterocycles. The van der Waals surface area contributed by atoms with E-state index in [0.29, 0.717) is 23.9 Å². The van der Waals surface area contributed by atoms with Crippen LogP contribution in [0, 0.1) is 0 Å². The molecule has 2 aromatic carbocycles. The van der Waals surface area contributed by atoms with Gasteiger partial charge in [-0.1, -0.05) is 38.1 Å². The molecule has 6 heteroatoms. The molecule has 2 aromatic heterocycles. The largest absolute Gasteiger partial charge is 0.296 e. The van der Waals surface area contributed by atoms with Crippen LogP contribution >= 0.6 is 0 Å². The monoisotopic (exact) mass is 430 g/mol. The van der Waals surface area contributed by atoms with Crippen LogP contribution in [0.25, 0.3) is 21.8 Å². The molecule has 0 saturated carbocycles. The highest BCUT2D eigenvalue weighted by Gasteiger charge is 2.12. The molecule has 0 amide bonds. The maximum atomic E-state index is 13.1. The fraction of sp³-hybridized carbons (Fsp3) is 0.385. The number of unbranched alkanes of at least 4 members (excludes halogenated alkanes) is 1. The number of para-hydroxylation sites is 2. The van der Waals surface area contributed by atoms with Crippen molar-refractivity contribution >= 4 is 21.8 Å². The fourth-order valence-electron chi connectivity index (χ4n) is 4.26. The first-order chi connectivity index (χ1) is 15.6. The predicted molar refractivity (Wildman–Crippen MR) is 129 cm³/mol. The number of rotatable bonds is 9. The van der Waals surface area contributed by atoms with Gasteiger partial charge in [0.25, 0.3) is 11.1 Å². The molecule has 0 spiro atoms. The molecule has 0 aliphatic carbocycles. The van der Waals surface area contributed by atoms with Crippen molar-refractivity contribution in [3.63, 3.8) is 0 Å². The molecule has 0 radical (unpaired) electrons. The summed E-state index contributed by atoms with van der Waals surface area (Å²) in [5, 5.41) is 1.32. The molecule has 0 unspecified atom stereocenters. The summed E-state index contributed by atoms with van der Waals surface area (Å²) < 4.78 is 3.64. The van der Waals surface area contributed by atoms with E-state index in [1.165, 1.54) is 0 Å². The smallest absolute Gasteiger partial charge is 0.261 e. The Kier molecular flexibility index (Phi) is 6.78. The van der Waals surface area contributed by atoms with Crippen molar-refractivity contribution in [1.82, 2.24) is 19.1 Å². The second kappa shape index (κ2) is 9.90. The molecule has 0 fully saturated rings. The molecule has 0 atom stereocenters. The van der Waals surface area contributed by atoms with Gasteiger partial charge in [0, 0.05) is 25.9 Å². The molecule has 0 bridgehead atoms. The Labute approximate surface area is 187 Å². The Morgan fingerprint density at radius 2 is 1.06 bits per heavy atom. The minimum atomic E-state index is 0.0234. The lowest BCUT2D eigenvalue weighted by Gasteiger charge is -2.15. The van der Waals surface area contributed by atoms with Gasteiger partial charge < -0.3 is 0 Å². The van der Waals surface area contributed by atoms with Gasteiger partial charge in [0.15, 0.2) is 0 Å². The van der Waals surface area contributed by atoms with Gasteiger partial charge in [-0.2, -0.15) is 0 Å². The second-order valence-electron chi connectivity index (χ2n) is 8.21. The van der Waals surface area contributed by atoms with E-state index in [-0.39, 0.29) is 11.1 Å². The Morgan fingerprint density at radius 1 is 0.656 bits per heavy atom. The van der Waals surface area contributed by atoms with Gasteiger partial charge in [-0.05, 0) is 49.9 Å². The molecule has 4 aromatic rings. The van der Waals surface area contributed by atoms with E-state index in [2.05, 4.69) is 13.8 Å². The summed E-state index contributed by atoms with van der Waals surface area (Å²) in [5.74, 6) is 1.68. The Balaban J connectivity index is 1.56. The third-order valence-electron chi connectivity index (χ3n) is 5.84. The van der Waals surface area contributed by atoms with Crippen molar-refractivity contribution in [2.24, 2.45) is 0 Å². The van der Waals surface area contributed by atoms with Crippen molar-refractivity contribution in [2.45, 2.75) is 65.5 Å². The molecule has 2 heterocycles. The number of hydrogen-bond donors (Lipinski definition) is 0. The maximum Gasteiger partial charge on any atom is 0.261 e. The quantitative estimate of drug-likeness (QED) is 0.367. The van der Waals surface area contributed by atoms with Crippen LogP contribution in [0.2, 0.25) is 0 Å². The van der Waals surface area contributed by atoms with Crippen LogP contribution in [-0.4, -0.2) is 19.1 Å². The molecule has 166 valence electrons. The zero-order chi connectivity index (χ0) is 22.5. The minimum absolute atomic E-state index is 0.0234. The number of nitrogens with zero attached hydrogens (tertiary/aromatic N) is 4. The van der Waals surface area contributed by atoms with Crippen LogP contribution in [0.3, 0.4) is 0 Å². The predicted octanol–water partition coefficient (Wildman–Crippen LogP) is 4.49. The summed E-state index contributed by atoms with van der Waals surface area (Å²) >= 11 is 0. The van der Waals surface area contributed by atoms with E-state index >= 15 is 0 Å². The summed E-state index contributed by atoms with van der Waals surface area (Å²) in [6.45, 7) is 5.40. The van der Waals surface area contributed by atoms with Crippen LogP contribution in [-0.2, 0) is 25.9 Å². The summed E-state index contributed by atoms with van der Waals surface area (Å²) in [7, 11) is 0. The Hall–Kier alpha value is -3.28. The first kappa shape index (κ1) is 21.9. The van der Waals surface area contributed by atoms with Gasteiger partial charge in [-0.15, -0.1) is 0 Å². The van der Waals surface area contributed by atoms with Crippen LogP contribution < -0.4 is 11.1 Å². The number of aryl methyl sites for hydroxylation is 2. The maximum absolute atomic E-state index is 13.1. The number of fused-ring (bicyclic) bond motifs is 2. The van der Waals surface area contributed by atoms with Crippen LogP contribution in [0.4, 0.5) is 0 Å². The van der Waals surface area contributed by atoms with Crippen LogP contribution in [0.5, 0.6) is 0 Å². The third-order valence-corrected chi connectivity index (χ3v) is 5.84. The van der Waals surface area contributed by atoms with Gasteiger partial charge in [0.05, 0.1) is 21.8 Å². The van der Waals surface area contributed by atoms with Gasteiger partial charge >= 0.3 is 0 Å². The zero-order valence-electron chi connectivity index (χ0n) is 18.9. The molecule has 0 saturated heterocycles. The van der Waals surface area contributed by atoms with E-state index in [4.69, 9.17) is 9.97 Å². The van der Waals surface area contributed by atoms with Crippen LogP contribution in [0.1, 0.15) is 51.2 Å². The van der Waals surface area contributed by atoms with Crippen LogP contribution in [0.15, 0.2) is 58.1 Å². The molecule has 32 heavy (non-hydrogen) atoms. The number of aromatic nitrogens is 4. The molecule has 0 N–H and O–H groups in total. The molecule has 6 nitrogen and oxygen atoms in total. The van der Waals surface area contributed by atoms with Crippen molar-refractivity contribution in [2.75, 3.05) is 0 Å². The van der Waals surface area contributed by atoms with E-state index in [1.807, 2.05) is 57.7 Å². The normalized spacial score (nSPS) is 11.4. The van der Waals surface area contributed by atoms with Gasteiger partial charge in [-0.25, -0.2) is 9.97 Å². The summed E-state index contributed by atoms with van der Waals surface area (Å²) in [6, 6.07) is 15.1. The Morgan fingerprint density at radius 3 is 1.47 bits per heavy atom. The average Bonchev–Trinajstić information content (AvgIpc) is 2.80. The van der Waals surface area contributed by atoms with Crippen molar-refractivity contribution in [3.8, 4) is 0 Å². The van der Waals surface area contributed by atoms with Gasteiger partial charge in [0.1, 0.15) is 11.6 Å². The third kappa shape index (κ3) is 4.35. The lowest BCUT2D eigenvalue weighted by molar-refractivity contribution is 0.507. The summed E-state index contributed by atoms with van der Waals surface area (Å²) in [6.07, 6.45) is 5.00. The standard InChI is InChI=1S/C26H30N4O2/c1-3-11-23-27-21-15-7-5-13-19(21)25(31)29(23)17-9-10-18-30-24(12-4-2)28-22-16-8-6-14-20(22)26(30)32/h5-8,13-16H,3-4,9-12,17-18H2,1-2H3. The zero-order valence-corrected chi connectivity index (χ0v) is 18.9. The summed E-state index contributed by atoms with van der Waals surface area (Å²) in [4.78, 5) is 35.7. The highest BCUT2D eigenvalue weighted by Crippen LogP contribution is 2.12. The van der Waals surface area contributed by atoms with Crippen molar-refractivity contribution in [1.29, 1.82) is 0 Å². The lowest BCUT2D eigenvalue weighted by atomic mass is 10.2. The molecular formula is C26H30N4O2. The van der Waals surface area contributed by atoms with Crippen molar-refractivity contribution in [3.05, 3.63) is 80.9 Å². The number of benzene rings is 2. The molecule has 4 rings (SSSR count). The highest BCUT2D eigenvalue weighted by atomic mass is 16.1. The summed E-state index contributed by atoms with van der Waals surface area (Å²) in [5.41, 5.74) is 1.57. The van der Waals surface area contributed by atoms with E-state index in [1.54, 1.807) is 0 Å².